The zero-order chi connectivity index (χ0) is 15.4. The van der Waals surface area contributed by atoms with Crippen molar-refractivity contribution in [2.75, 3.05) is 7.11 Å². The topological polar surface area (TPSA) is 35.5 Å². The molecule has 2 atom stereocenters. The standard InChI is InChI=1S/C16H32O3Si/c1-16(2,3)20(5,6)19-14-10-8-7-9-13(14)11-12-15(17)18-4/h13-14H,7-12H2,1-6H3/t13-,14+/m0/s1. The van der Waals surface area contributed by atoms with Gasteiger partial charge in [0.2, 0.25) is 0 Å². The fraction of sp³-hybridized carbons (Fsp3) is 0.938. The third kappa shape index (κ3) is 4.88. The van der Waals surface area contributed by atoms with Gasteiger partial charge in [-0.15, -0.1) is 0 Å². The number of carbonyl (C=O) groups is 1. The molecule has 118 valence electrons. The number of hydrogen-bond acceptors (Lipinski definition) is 3. The zero-order valence-corrected chi connectivity index (χ0v) is 15.1. The molecule has 0 unspecified atom stereocenters. The summed E-state index contributed by atoms with van der Waals surface area (Å²) in [5, 5.41) is 0.247. The minimum Gasteiger partial charge on any atom is -0.469 e. The SMILES string of the molecule is COC(=O)CC[C@@H]1CCCC[C@H]1O[Si](C)(C)C(C)(C)C. The number of esters is 1. The molecule has 0 saturated heterocycles. The summed E-state index contributed by atoms with van der Waals surface area (Å²) in [5.41, 5.74) is 0. The molecule has 4 heteroatoms. The van der Waals surface area contributed by atoms with E-state index in [4.69, 9.17) is 9.16 Å². The lowest BCUT2D eigenvalue weighted by molar-refractivity contribution is -0.141. The number of rotatable bonds is 5. The highest BCUT2D eigenvalue weighted by Crippen LogP contribution is 2.41. The molecule has 0 amide bonds. The lowest BCUT2D eigenvalue weighted by Crippen LogP contribution is -2.46. The summed E-state index contributed by atoms with van der Waals surface area (Å²) in [7, 11) is -0.250. The summed E-state index contributed by atoms with van der Waals surface area (Å²) in [4.78, 5) is 11.4. The molecule has 1 saturated carbocycles. The summed E-state index contributed by atoms with van der Waals surface area (Å²) >= 11 is 0. The van der Waals surface area contributed by atoms with E-state index in [0.29, 0.717) is 18.4 Å². The Bertz CT molecular complexity index is 320. The van der Waals surface area contributed by atoms with E-state index < -0.39 is 8.32 Å². The first-order valence-corrected chi connectivity index (χ1v) is 10.8. The van der Waals surface area contributed by atoms with Gasteiger partial charge in [0.1, 0.15) is 0 Å². The lowest BCUT2D eigenvalue weighted by atomic mass is 9.83. The fourth-order valence-electron chi connectivity index (χ4n) is 2.62. The van der Waals surface area contributed by atoms with E-state index in [2.05, 4.69) is 33.9 Å². The normalized spacial score (nSPS) is 24.5. The summed E-state index contributed by atoms with van der Waals surface area (Å²) in [6.07, 6.45) is 6.64. The van der Waals surface area contributed by atoms with Crippen molar-refractivity contribution in [3.05, 3.63) is 0 Å². The second-order valence-corrected chi connectivity index (χ2v) is 12.3. The van der Waals surface area contributed by atoms with E-state index in [1.807, 2.05) is 0 Å². The Morgan fingerprint density at radius 3 is 2.35 bits per heavy atom. The van der Waals surface area contributed by atoms with Crippen molar-refractivity contribution in [3.63, 3.8) is 0 Å². The molecule has 20 heavy (non-hydrogen) atoms. The Labute approximate surface area is 125 Å². The Kier molecular flexibility index (Phi) is 6.26. The molecule has 0 spiro atoms. The quantitative estimate of drug-likeness (QED) is 0.553. The average molecular weight is 301 g/mol. The van der Waals surface area contributed by atoms with Crippen LogP contribution in [0.1, 0.15) is 59.3 Å². The van der Waals surface area contributed by atoms with Crippen LogP contribution in [0.5, 0.6) is 0 Å². The van der Waals surface area contributed by atoms with Crippen LogP contribution >= 0.6 is 0 Å². The number of carbonyl (C=O) groups excluding carboxylic acids is 1. The second kappa shape index (κ2) is 7.08. The maximum atomic E-state index is 11.4. The fourth-order valence-corrected chi connectivity index (χ4v) is 4.04. The van der Waals surface area contributed by atoms with Crippen molar-refractivity contribution in [1.29, 1.82) is 0 Å². The van der Waals surface area contributed by atoms with Crippen molar-refractivity contribution >= 4 is 14.3 Å². The Morgan fingerprint density at radius 2 is 1.80 bits per heavy atom. The van der Waals surface area contributed by atoms with Crippen LogP contribution in [0.25, 0.3) is 0 Å². The van der Waals surface area contributed by atoms with Gasteiger partial charge in [-0.25, -0.2) is 0 Å². The minimum atomic E-state index is -1.71. The summed E-state index contributed by atoms with van der Waals surface area (Å²) in [6, 6.07) is 0. The molecule has 0 N–H and O–H groups in total. The molecule has 3 nitrogen and oxygen atoms in total. The first kappa shape index (κ1) is 17.7. The van der Waals surface area contributed by atoms with E-state index in [1.165, 1.54) is 26.4 Å². The van der Waals surface area contributed by atoms with Crippen molar-refractivity contribution in [2.24, 2.45) is 5.92 Å². The number of methoxy groups -OCH3 is 1. The van der Waals surface area contributed by atoms with Gasteiger partial charge in [-0.3, -0.25) is 4.79 Å². The average Bonchev–Trinajstić information content (AvgIpc) is 2.35. The van der Waals surface area contributed by atoms with Gasteiger partial charge in [0, 0.05) is 12.5 Å². The smallest absolute Gasteiger partial charge is 0.305 e. The summed E-state index contributed by atoms with van der Waals surface area (Å²) in [6.45, 7) is 11.5. The third-order valence-corrected chi connectivity index (χ3v) is 9.54. The molecule has 0 heterocycles. The van der Waals surface area contributed by atoms with Gasteiger partial charge in [-0.05, 0) is 43.3 Å². The summed E-state index contributed by atoms with van der Waals surface area (Å²) in [5.74, 6) is 0.429. The van der Waals surface area contributed by atoms with E-state index in [9.17, 15) is 4.79 Å². The molecule has 1 rings (SSSR count). The molecule has 0 aromatic carbocycles. The van der Waals surface area contributed by atoms with Crippen molar-refractivity contribution in [3.8, 4) is 0 Å². The molecule has 0 aromatic heterocycles. The number of hydrogen-bond donors (Lipinski definition) is 0. The van der Waals surface area contributed by atoms with Crippen molar-refractivity contribution in [1.82, 2.24) is 0 Å². The Morgan fingerprint density at radius 1 is 1.20 bits per heavy atom. The molecule has 0 aliphatic heterocycles. The highest BCUT2D eigenvalue weighted by Gasteiger charge is 2.41. The second-order valence-electron chi connectivity index (χ2n) is 7.58. The molecular formula is C16H32O3Si. The Hall–Kier alpha value is -0.353. The van der Waals surface area contributed by atoms with E-state index >= 15 is 0 Å². The highest BCUT2D eigenvalue weighted by molar-refractivity contribution is 6.74. The van der Waals surface area contributed by atoms with Gasteiger partial charge < -0.3 is 9.16 Å². The molecule has 0 radical (unpaired) electrons. The monoisotopic (exact) mass is 300 g/mol. The van der Waals surface area contributed by atoms with Crippen LogP contribution in [0.3, 0.4) is 0 Å². The maximum absolute atomic E-state index is 11.4. The van der Waals surface area contributed by atoms with Crippen LogP contribution < -0.4 is 0 Å². The maximum Gasteiger partial charge on any atom is 0.305 e. The minimum absolute atomic E-state index is 0.0957. The van der Waals surface area contributed by atoms with Crippen molar-refractivity contribution in [2.45, 2.75) is 83.5 Å². The van der Waals surface area contributed by atoms with Gasteiger partial charge in [-0.2, -0.15) is 0 Å². The predicted molar refractivity (Wildman–Crippen MR) is 85.3 cm³/mol. The summed E-state index contributed by atoms with van der Waals surface area (Å²) < 4.78 is 11.4. The first-order chi connectivity index (χ1) is 9.17. The van der Waals surface area contributed by atoms with Crippen LogP contribution in [-0.4, -0.2) is 27.5 Å². The first-order valence-electron chi connectivity index (χ1n) is 7.92. The predicted octanol–water partition coefficient (Wildman–Crippen LogP) is 4.52. The van der Waals surface area contributed by atoms with E-state index in [-0.39, 0.29) is 11.0 Å². The van der Waals surface area contributed by atoms with Gasteiger partial charge in [0.25, 0.3) is 0 Å². The molecule has 1 aliphatic carbocycles. The largest absolute Gasteiger partial charge is 0.469 e. The molecule has 1 fully saturated rings. The third-order valence-electron chi connectivity index (χ3n) is 5.04. The van der Waals surface area contributed by atoms with E-state index in [1.54, 1.807) is 0 Å². The van der Waals surface area contributed by atoms with Gasteiger partial charge in [-0.1, -0.05) is 33.6 Å². The van der Waals surface area contributed by atoms with E-state index in [0.717, 1.165) is 12.8 Å². The molecule has 0 aromatic rings. The van der Waals surface area contributed by atoms with Crippen LogP contribution in [0.2, 0.25) is 18.1 Å². The highest BCUT2D eigenvalue weighted by atomic mass is 28.4. The number of ether oxygens (including phenoxy) is 1. The van der Waals surface area contributed by atoms with Gasteiger partial charge in [0.05, 0.1) is 7.11 Å². The molecule has 1 aliphatic rings. The van der Waals surface area contributed by atoms with Crippen LogP contribution in [0.15, 0.2) is 0 Å². The van der Waals surface area contributed by atoms with Crippen LogP contribution in [-0.2, 0) is 14.0 Å². The lowest BCUT2D eigenvalue weighted by Gasteiger charge is -2.43. The van der Waals surface area contributed by atoms with Crippen LogP contribution in [0.4, 0.5) is 0 Å². The van der Waals surface area contributed by atoms with Crippen LogP contribution in [0, 0.1) is 5.92 Å². The molecule has 0 bridgehead atoms. The zero-order valence-electron chi connectivity index (χ0n) is 14.1. The molecular weight excluding hydrogens is 268 g/mol. The van der Waals surface area contributed by atoms with Gasteiger partial charge in [0.15, 0.2) is 8.32 Å². The van der Waals surface area contributed by atoms with Gasteiger partial charge >= 0.3 is 5.97 Å². The Balaban J connectivity index is 2.62. The van der Waals surface area contributed by atoms with Crippen molar-refractivity contribution < 1.29 is 14.0 Å².